The first kappa shape index (κ1) is 15.5. The molecular weight excluding hydrogens is 270 g/mol. The van der Waals surface area contributed by atoms with Crippen molar-refractivity contribution in [3.05, 3.63) is 29.8 Å². The summed E-state index contributed by atoms with van der Waals surface area (Å²) in [5.41, 5.74) is 0.942. The van der Waals surface area contributed by atoms with Gasteiger partial charge in [-0.15, -0.1) is 11.6 Å². The Balaban J connectivity index is 3.09. The molecule has 18 heavy (non-hydrogen) atoms. The largest absolute Gasteiger partial charge is 0.243 e. The van der Waals surface area contributed by atoms with E-state index in [9.17, 15) is 8.42 Å². The fourth-order valence-electron chi connectivity index (χ4n) is 1.78. The maximum atomic E-state index is 12.5. The number of halogens is 1. The number of nitrogens with zero attached hydrogens (tertiary/aromatic N) is 1. The van der Waals surface area contributed by atoms with Gasteiger partial charge in [0.05, 0.1) is 4.90 Å². The van der Waals surface area contributed by atoms with E-state index in [1.54, 1.807) is 18.2 Å². The summed E-state index contributed by atoms with van der Waals surface area (Å²) in [6.07, 6.45) is 0.658. The molecule has 1 rings (SSSR count). The monoisotopic (exact) mass is 289 g/mol. The Labute approximate surface area is 115 Å². The van der Waals surface area contributed by atoms with Gasteiger partial charge in [-0.05, 0) is 44.9 Å². The van der Waals surface area contributed by atoms with Gasteiger partial charge >= 0.3 is 0 Å². The summed E-state index contributed by atoms with van der Waals surface area (Å²) >= 11 is 5.65. The number of aryl methyl sites for hydroxylation is 1. The van der Waals surface area contributed by atoms with E-state index in [-0.39, 0.29) is 6.04 Å². The number of sulfonamides is 1. The predicted octanol–water partition coefficient (Wildman–Crippen LogP) is 3.02. The molecular formula is C13H20ClNO2S. The third-order valence-electron chi connectivity index (χ3n) is 2.68. The van der Waals surface area contributed by atoms with Crippen molar-refractivity contribution in [3.8, 4) is 0 Å². The third-order valence-corrected chi connectivity index (χ3v) is 5.02. The smallest absolute Gasteiger partial charge is 0.207 e. The van der Waals surface area contributed by atoms with Gasteiger partial charge in [-0.2, -0.15) is 4.31 Å². The van der Waals surface area contributed by atoms with Crippen molar-refractivity contribution in [3.63, 3.8) is 0 Å². The molecule has 0 heterocycles. The normalized spacial score (nSPS) is 12.3. The van der Waals surface area contributed by atoms with Crippen LogP contribution >= 0.6 is 11.6 Å². The first-order chi connectivity index (χ1) is 8.39. The Morgan fingerprint density at radius 2 is 2.00 bits per heavy atom. The number of hydrogen-bond donors (Lipinski definition) is 0. The molecule has 0 saturated carbocycles. The summed E-state index contributed by atoms with van der Waals surface area (Å²) in [7, 11) is -3.42. The lowest BCUT2D eigenvalue weighted by atomic mass is 10.2. The second-order valence-electron chi connectivity index (χ2n) is 4.57. The molecule has 0 atom stereocenters. The third kappa shape index (κ3) is 3.70. The van der Waals surface area contributed by atoms with Gasteiger partial charge in [0.25, 0.3) is 0 Å². The first-order valence-electron chi connectivity index (χ1n) is 6.04. The van der Waals surface area contributed by atoms with E-state index in [2.05, 4.69) is 0 Å². The van der Waals surface area contributed by atoms with Crippen molar-refractivity contribution in [1.29, 1.82) is 0 Å². The lowest BCUT2D eigenvalue weighted by molar-refractivity contribution is 0.354. The van der Waals surface area contributed by atoms with Crippen molar-refractivity contribution in [2.24, 2.45) is 0 Å². The van der Waals surface area contributed by atoms with Crippen LogP contribution in [0.3, 0.4) is 0 Å². The number of rotatable bonds is 6. The summed E-state index contributed by atoms with van der Waals surface area (Å²) in [6.45, 7) is 6.10. The molecule has 0 unspecified atom stereocenters. The molecule has 0 N–H and O–H groups in total. The van der Waals surface area contributed by atoms with E-state index < -0.39 is 10.0 Å². The van der Waals surface area contributed by atoms with Gasteiger partial charge in [-0.3, -0.25) is 0 Å². The first-order valence-corrected chi connectivity index (χ1v) is 8.01. The second kappa shape index (κ2) is 6.55. The van der Waals surface area contributed by atoms with Crippen LogP contribution in [0, 0.1) is 6.92 Å². The zero-order valence-electron chi connectivity index (χ0n) is 11.1. The van der Waals surface area contributed by atoms with E-state index in [1.165, 1.54) is 4.31 Å². The van der Waals surface area contributed by atoms with Crippen molar-refractivity contribution < 1.29 is 8.42 Å². The molecule has 0 fully saturated rings. The summed E-state index contributed by atoms with van der Waals surface area (Å²) in [6, 6.07) is 6.92. The van der Waals surface area contributed by atoms with E-state index in [4.69, 9.17) is 11.6 Å². The Bertz CT molecular complexity index is 486. The molecule has 1 aromatic rings. The van der Waals surface area contributed by atoms with E-state index in [0.29, 0.717) is 23.7 Å². The van der Waals surface area contributed by atoms with Gasteiger partial charge < -0.3 is 0 Å². The van der Waals surface area contributed by atoms with Gasteiger partial charge in [0.15, 0.2) is 0 Å². The quantitative estimate of drug-likeness (QED) is 0.755. The average Bonchev–Trinajstić information content (AvgIpc) is 2.28. The zero-order chi connectivity index (χ0) is 13.8. The maximum Gasteiger partial charge on any atom is 0.243 e. The molecule has 0 aliphatic carbocycles. The SMILES string of the molecule is Cc1cccc(S(=O)(=O)N(CCCCl)C(C)C)c1. The van der Waals surface area contributed by atoms with Crippen molar-refractivity contribution in [1.82, 2.24) is 4.31 Å². The summed E-state index contributed by atoms with van der Waals surface area (Å²) in [5.74, 6) is 0.465. The standard InChI is InChI=1S/C13H20ClNO2S/c1-11(2)15(9-5-8-14)18(16,17)13-7-4-6-12(3)10-13/h4,6-7,10-11H,5,8-9H2,1-3H3. The molecule has 3 nitrogen and oxygen atoms in total. The molecule has 0 saturated heterocycles. The van der Waals surface area contributed by atoms with Crippen LogP contribution in [0.15, 0.2) is 29.2 Å². The van der Waals surface area contributed by atoms with Crippen LogP contribution in [-0.4, -0.2) is 31.2 Å². The van der Waals surface area contributed by atoms with Crippen molar-refractivity contribution >= 4 is 21.6 Å². The van der Waals surface area contributed by atoms with Crippen molar-refractivity contribution in [2.45, 2.75) is 38.1 Å². The lowest BCUT2D eigenvalue weighted by Crippen LogP contribution is -2.37. The van der Waals surface area contributed by atoms with Gasteiger partial charge in [0.1, 0.15) is 0 Å². The minimum atomic E-state index is -3.42. The second-order valence-corrected chi connectivity index (χ2v) is 6.84. The number of hydrogen-bond acceptors (Lipinski definition) is 2. The van der Waals surface area contributed by atoms with E-state index in [1.807, 2.05) is 26.8 Å². The molecule has 0 amide bonds. The van der Waals surface area contributed by atoms with E-state index in [0.717, 1.165) is 5.56 Å². The minimum absolute atomic E-state index is 0.0706. The molecule has 0 aromatic heterocycles. The Kier molecular flexibility index (Phi) is 5.63. The molecule has 0 radical (unpaired) electrons. The molecule has 0 bridgehead atoms. The highest BCUT2D eigenvalue weighted by atomic mass is 35.5. The molecule has 0 spiro atoms. The van der Waals surface area contributed by atoms with Crippen LogP contribution in [0.2, 0.25) is 0 Å². The fourth-order valence-corrected chi connectivity index (χ4v) is 3.68. The topological polar surface area (TPSA) is 37.4 Å². The van der Waals surface area contributed by atoms with Crippen molar-refractivity contribution in [2.75, 3.05) is 12.4 Å². The Morgan fingerprint density at radius 1 is 1.33 bits per heavy atom. The van der Waals surface area contributed by atoms with Gasteiger partial charge in [0, 0.05) is 18.5 Å². The highest BCUT2D eigenvalue weighted by Gasteiger charge is 2.26. The summed E-state index contributed by atoms with van der Waals surface area (Å²) in [5, 5.41) is 0. The van der Waals surface area contributed by atoms with Gasteiger partial charge in [0.2, 0.25) is 10.0 Å². The van der Waals surface area contributed by atoms with Crippen LogP contribution in [0.25, 0.3) is 0 Å². The minimum Gasteiger partial charge on any atom is -0.207 e. The van der Waals surface area contributed by atoms with Gasteiger partial charge in [-0.1, -0.05) is 12.1 Å². The zero-order valence-corrected chi connectivity index (χ0v) is 12.6. The van der Waals surface area contributed by atoms with Gasteiger partial charge in [-0.25, -0.2) is 8.42 Å². The van der Waals surface area contributed by atoms with Crippen LogP contribution in [0.5, 0.6) is 0 Å². The van der Waals surface area contributed by atoms with Crippen LogP contribution in [0.4, 0.5) is 0 Å². The number of alkyl halides is 1. The Morgan fingerprint density at radius 3 is 2.50 bits per heavy atom. The van der Waals surface area contributed by atoms with Crippen LogP contribution in [-0.2, 0) is 10.0 Å². The molecule has 1 aromatic carbocycles. The summed E-state index contributed by atoms with van der Waals surface area (Å²) in [4.78, 5) is 0.353. The highest BCUT2D eigenvalue weighted by molar-refractivity contribution is 7.89. The average molecular weight is 290 g/mol. The Hall–Kier alpha value is -0.580. The lowest BCUT2D eigenvalue weighted by Gasteiger charge is -2.25. The number of benzene rings is 1. The van der Waals surface area contributed by atoms with E-state index >= 15 is 0 Å². The maximum absolute atomic E-state index is 12.5. The fraction of sp³-hybridized carbons (Fsp3) is 0.538. The molecule has 5 heteroatoms. The predicted molar refractivity (Wildman–Crippen MR) is 75.5 cm³/mol. The molecule has 0 aliphatic heterocycles. The summed E-state index contributed by atoms with van der Waals surface area (Å²) < 4.78 is 26.5. The molecule has 0 aliphatic rings. The highest BCUT2D eigenvalue weighted by Crippen LogP contribution is 2.19. The molecule has 102 valence electrons. The van der Waals surface area contributed by atoms with Crippen LogP contribution in [0.1, 0.15) is 25.8 Å². The van der Waals surface area contributed by atoms with Crippen LogP contribution < -0.4 is 0 Å².